The largest absolute Gasteiger partial charge is 0.298 e. The second-order valence-corrected chi connectivity index (χ2v) is 4.79. The van der Waals surface area contributed by atoms with Gasteiger partial charge in [0.2, 0.25) is 0 Å². The Morgan fingerprint density at radius 1 is 1.22 bits per heavy atom. The molecule has 0 fully saturated rings. The Kier molecular flexibility index (Phi) is 3.72. The van der Waals surface area contributed by atoms with Gasteiger partial charge >= 0.3 is 0 Å². The normalized spacial score (nSPS) is 10.4. The number of halogens is 1. The van der Waals surface area contributed by atoms with Crippen LogP contribution in [0.25, 0.3) is 0 Å². The van der Waals surface area contributed by atoms with Crippen LogP contribution in [0.1, 0.15) is 21.7 Å². The third kappa shape index (κ3) is 2.73. The third-order valence-electron chi connectivity index (χ3n) is 2.28. The maximum atomic E-state index is 13.7. The molecule has 5 heteroatoms. The zero-order valence-electron chi connectivity index (χ0n) is 9.98. The zero-order chi connectivity index (χ0) is 13.1. The number of rotatable bonds is 3. The molecule has 2 rings (SSSR count). The van der Waals surface area contributed by atoms with Gasteiger partial charge < -0.3 is 0 Å². The quantitative estimate of drug-likeness (QED) is 0.629. The van der Waals surface area contributed by atoms with Gasteiger partial charge in [-0.15, -0.1) is 0 Å². The molecule has 92 valence electrons. The molecule has 1 aromatic heterocycles. The van der Waals surface area contributed by atoms with Gasteiger partial charge in [0, 0.05) is 17.0 Å². The maximum absolute atomic E-state index is 13.7. The van der Waals surface area contributed by atoms with Gasteiger partial charge in [-0.1, -0.05) is 12.1 Å². The number of hydrogen-bond donors (Lipinski definition) is 0. The van der Waals surface area contributed by atoms with Crippen LogP contribution in [-0.4, -0.2) is 16.3 Å². The second kappa shape index (κ2) is 5.27. The monoisotopic (exact) mass is 262 g/mol. The Morgan fingerprint density at radius 3 is 2.50 bits per heavy atom. The van der Waals surface area contributed by atoms with Gasteiger partial charge in [-0.3, -0.25) is 4.79 Å². The van der Waals surface area contributed by atoms with Crippen LogP contribution in [0.15, 0.2) is 34.3 Å². The van der Waals surface area contributed by atoms with Crippen LogP contribution in [0.4, 0.5) is 4.39 Å². The Morgan fingerprint density at radius 2 is 1.89 bits per heavy atom. The van der Waals surface area contributed by atoms with Gasteiger partial charge in [0.25, 0.3) is 0 Å². The third-order valence-corrected chi connectivity index (χ3v) is 3.28. The van der Waals surface area contributed by atoms with E-state index in [1.807, 2.05) is 19.9 Å². The van der Waals surface area contributed by atoms with Gasteiger partial charge in [0.05, 0.1) is 4.90 Å². The van der Waals surface area contributed by atoms with Crippen LogP contribution in [0, 0.1) is 19.7 Å². The van der Waals surface area contributed by atoms with Gasteiger partial charge in [0.1, 0.15) is 5.82 Å². The number of aldehydes is 1. The van der Waals surface area contributed by atoms with Crippen molar-refractivity contribution in [2.75, 3.05) is 0 Å². The van der Waals surface area contributed by atoms with Crippen molar-refractivity contribution < 1.29 is 9.18 Å². The lowest BCUT2D eigenvalue weighted by Gasteiger charge is -2.06. The van der Waals surface area contributed by atoms with Crippen LogP contribution >= 0.6 is 11.8 Å². The van der Waals surface area contributed by atoms with Crippen molar-refractivity contribution in [2.24, 2.45) is 0 Å². The van der Waals surface area contributed by atoms with Crippen LogP contribution in [0.5, 0.6) is 0 Å². The number of benzene rings is 1. The SMILES string of the molecule is Cc1cc(C)nc(Sc2c(F)cccc2C=O)n1. The first-order valence-corrected chi connectivity index (χ1v) is 6.15. The highest BCUT2D eigenvalue weighted by atomic mass is 32.2. The van der Waals surface area contributed by atoms with Gasteiger partial charge in [0.15, 0.2) is 11.4 Å². The van der Waals surface area contributed by atoms with E-state index < -0.39 is 5.82 Å². The molecule has 0 aliphatic rings. The van der Waals surface area contributed by atoms with E-state index in [0.717, 1.165) is 23.1 Å². The van der Waals surface area contributed by atoms with Crippen molar-refractivity contribution in [3.05, 3.63) is 47.0 Å². The van der Waals surface area contributed by atoms with Crippen LogP contribution in [0.2, 0.25) is 0 Å². The molecule has 0 N–H and O–H groups in total. The average Bonchev–Trinajstić information content (AvgIpc) is 2.30. The van der Waals surface area contributed by atoms with Crippen LogP contribution in [0.3, 0.4) is 0 Å². The van der Waals surface area contributed by atoms with Crippen molar-refractivity contribution in [1.29, 1.82) is 0 Å². The highest BCUT2D eigenvalue weighted by molar-refractivity contribution is 7.99. The Hall–Kier alpha value is -1.75. The van der Waals surface area contributed by atoms with Gasteiger partial charge in [-0.25, -0.2) is 14.4 Å². The van der Waals surface area contributed by atoms with Crippen molar-refractivity contribution in [3.63, 3.8) is 0 Å². The second-order valence-electron chi connectivity index (χ2n) is 3.81. The summed E-state index contributed by atoms with van der Waals surface area (Å²) in [5.41, 5.74) is 1.94. The number of aromatic nitrogens is 2. The molecule has 0 radical (unpaired) electrons. The first-order valence-electron chi connectivity index (χ1n) is 5.34. The highest BCUT2D eigenvalue weighted by Gasteiger charge is 2.11. The minimum absolute atomic E-state index is 0.262. The number of aryl methyl sites for hydroxylation is 2. The fourth-order valence-electron chi connectivity index (χ4n) is 1.56. The molecule has 0 unspecified atom stereocenters. The van der Waals surface area contributed by atoms with Gasteiger partial charge in [-0.2, -0.15) is 0 Å². The van der Waals surface area contributed by atoms with Crippen molar-refractivity contribution in [1.82, 2.24) is 9.97 Å². The van der Waals surface area contributed by atoms with E-state index in [1.165, 1.54) is 12.1 Å². The smallest absolute Gasteiger partial charge is 0.193 e. The molecule has 1 aromatic carbocycles. The zero-order valence-corrected chi connectivity index (χ0v) is 10.8. The molecular weight excluding hydrogens is 251 g/mol. The lowest BCUT2D eigenvalue weighted by atomic mass is 10.2. The summed E-state index contributed by atoms with van der Waals surface area (Å²) in [6, 6.07) is 6.23. The molecule has 0 bridgehead atoms. The molecule has 18 heavy (non-hydrogen) atoms. The van der Waals surface area contributed by atoms with E-state index in [1.54, 1.807) is 6.07 Å². The molecule has 0 saturated carbocycles. The fourth-order valence-corrected chi connectivity index (χ4v) is 2.52. The minimum atomic E-state index is -0.438. The van der Waals surface area contributed by atoms with Gasteiger partial charge in [-0.05, 0) is 37.7 Å². The summed E-state index contributed by atoms with van der Waals surface area (Å²) in [6.45, 7) is 3.70. The molecule has 3 nitrogen and oxygen atoms in total. The molecule has 0 aliphatic heterocycles. The first kappa shape index (κ1) is 12.7. The minimum Gasteiger partial charge on any atom is -0.298 e. The van der Waals surface area contributed by atoms with Crippen molar-refractivity contribution >= 4 is 18.0 Å². The standard InChI is InChI=1S/C13H11FN2OS/c1-8-6-9(2)16-13(15-8)18-12-10(7-17)4-3-5-11(12)14/h3-7H,1-2H3. The Labute approximate surface area is 108 Å². The van der Waals surface area contributed by atoms with Crippen molar-refractivity contribution in [2.45, 2.75) is 23.9 Å². The Balaban J connectivity index is 2.42. The lowest BCUT2D eigenvalue weighted by Crippen LogP contribution is -1.95. The predicted molar refractivity (Wildman–Crippen MR) is 67.4 cm³/mol. The summed E-state index contributed by atoms with van der Waals surface area (Å²) >= 11 is 1.07. The van der Waals surface area contributed by atoms with E-state index in [4.69, 9.17) is 0 Å². The van der Waals surface area contributed by atoms with E-state index in [9.17, 15) is 9.18 Å². The molecule has 0 spiro atoms. The maximum Gasteiger partial charge on any atom is 0.193 e. The Bertz CT molecular complexity index is 581. The molecular formula is C13H11FN2OS. The highest BCUT2D eigenvalue weighted by Crippen LogP contribution is 2.30. The molecule has 2 aromatic rings. The number of carbonyl (C=O) groups excluding carboxylic acids is 1. The van der Waals surface area contributed by atoms with Crippen LogP contribution < -0.4 is 0 Å². The number of nitrogens with zero attached hydrogens (tertiary/aromatic N) is 2. The molecule has 0 amide bonds. The summed E-state index contributed by atoms with van der Waals surface area (Å²) < 4.78 is 13.7. The number of carbonyl (C=O) groups is 1. The first-order chi connectivity index (χ1) is 8.60. The summed E-state index contributed by atoms with van der Waals surface area (Å²) in [6.07, 6.45) is 0.633. The van der Waals surface area contributed by atoms with E-state index in [-0.39, 0.29) is 4.90 Å². The molecule has 0 atom stereocenters. The fraction of sp³-hybridized carbons (Fsp3) is 0.154. The summed E-state index contributed by atoms with van der Waals surface area (Å²) in [7, 11) is 0. The molecule has 0 aliphatic carbocycles. The lowest BCUT2D eigenvalue weighted by molar-refractivity contribution is 0.112. The van der Waals surface area contributed by atoms with Crippen LogP contribution in [-0.2, 0) is 0 Å². The van der Waals surface area contributed by atoms with E-state index in [2.05, 4.69) is 9.97 Å². The topological polar surface area (TPSA) is 42.9 Å². The molecule has 0 saturated heterocycles. The molecule has 1 heterocycles. The summed E-state index contributed by atoms with van der Waals surface area (Å²) in [5.74, 6) is -0.438. The predicted octanol–water partition coefficient (Wildman–Crippen LogP) is 3.20. The average molecular weight is 262 g/mol. The van der Waals surface area contributed by atoms with Crippen molar-refractivity contribution in [3.8, 4) is 0 Å². The number of hydrogen-bond acceptors (Lipinski definition) is 4. The summed E-state index contributed by atoms with van der Waals surface area (Å²) in [5, 5.41) is 0.445. The van der Waals surface area contributed by atoms with E-state index in [0.29, 0.717) is 17.0 Å². The van der Waals surface area contributed by atoms with E-state index >= 15 is 0 Å². The summed E-state index contributed by atoms with van der Waals surface area (Å²) in [4.78, 5) is 19.6.